The third kappa shape index (κ3) is 3.56. The van der Waals surface area contributed by atoms with Crippen LogP contribution in [0.3, 0.4) is 0 Å². The third-order valence-electron chi connectivity index (χ3n) is 2.05. The summed E-state index contributed by atoms with van der Waals surface area (Å²) >= 11 is 5.30. The number of thiophene rings is 1. The minimum Gasteiger partial charge on any atom is -0.310 e. The molecule has 0 radical (unpaired) electrons. The maximum atomic E-state index is 3.76. The predicted octanol–water partition coefficient (Wildman–Crippen LogP) is 4.13. The Kier molecular flexibility index (Phi) is 5.45. The molecule has 0 amide bonds. The summed E-state index contributed by atoms with van der Waals surface area (Å²) in [5, 5.41) is 3.49. The minimum atomic E-state index is 0.481. The lowest BCUT2D eigenvalue weighted by Crippen LogP contribution is -2.19. The molecule has 1 heterocycles. The molecule has 0 spiro atoms. The summed E-state index contributed by atoms with van der Waals surface area (Å²) in [6.45, 7) is 6.91. The summed E-state index contributed by atoms with van der Waals surface area (Å²) in [4.78, 5) is 1.40. The molecule has 0 aliphatic heterocycles. The molecule has 0 saturated heterocycles. The molecule has 1 atom stereocenters. The van der Waals surface area contributed by atoms with Crippen molar-refractivity contribution in [3.05, 3.63) is 33.5 Å². The van der Waals surface area contributed by atoms with E-state index in [1.54, 1.807) is 11.3 Å². The Morgan fingerprint density at radius 2 is 2.43 bits per heavy atom. The third-order valence-corrected chi connectivity index (χ3v) is 3.78. The van der Waals surface area contributed by atoms with E-state index in [4.69, 9.17) is 0 Å². The Hall–Kier alpha value is -0.120. The maximum Gasteiger partial charge on any atom is 0.0701 e. The molecule has 0 bridgehead atoms. The number of halogens is 1. The molecule has 1 rings (SSSR count). The lowest BCUT2D eigenvalue weighted by molar-refractivity contribution is 0.527. The first-order valence-corrected chi connectivity index (χ1v) is 6.48. The summed E-state index contributed by atoms with van der Waals surface area (Å²) in [7, 11) is 0. The van der Waals surface area contributed by atoms with E-state index in [9.17, 15) is 0 Å². The maximum absolute atomic E-state index is 3.76. The first-order chi connectivity index (χ1) is 6.77. The van der Waals surface area contributed by atoms with E-state index in [0.717, 1.165) is 19.4 Å². The molecular formula is C11H16BrNS. The van der Waals surface area contributed by atoms with Crippen molar-refractivity contribution in [2.45, 2.75) is 25.8 Å². The van der Waals surface area contributed by atoms with Crippen LogP contribution >= 0.6 is 27.3 Å². The zero-order chi connectivity index (χ0) is 10.4. The molecule has 1 unspecified atom stereocenters. The average molecular weight is 274 g/mol. The van der Waals surface area contributed by atoms with Crippen LogP contribution in [-0.2, 0) is 0 Å². The molecule has 0 saturated carbocycles. The first kappa shape index (κ1) is 12.0. The number of hydrogen-bond donors (Lipinski definition) is 1. The van der Waals surface area contributed by atoms with Crippen molar-refractivity contribution in [2.75, 3.05) is 6.54 Å². The molecule has 1 nitrogen and oxygen atoms in total. The SMILES string of the molecule is C=CCCC(NCC)c1ccc(Br)s1. The van der Waals surface area contributed by atoms with E-state index in [1.165, 1.54) is 8.66 Å². The topological polar surface area (TPSA) is 12.0 Å². The van der Waals surface area contributed by atoms with Gasteiger partial charge in [0.15, 0.2) is 0 Å². The van der Waals surface area contributed by atoms with Crippen molar-refractivity contribution >= 4 is 27.3 Å². The van der Waals surface area contributed by atoms with Crippen molar-refractivity contribution in [2.24, 2.45) is 0 Å². The Balaban J connectivity index is 2.61. The zero-order valence-corrected chi connectivity index (χ0v) is 10.8. The molecule has 3 heteroatoms. The average Bonchev–Trinajstić information content (AvgIpc) is 2.59. The lowest BCUT2D eigenvalue weighted by atomic mass is 10.1. The number of nitrogens with one attached hydrogen (secondary N) is 1. The van der Waals surface area contributed by atoms with Crippen LogP contribution in [0.5, 0.6) is 0 Å². The van der Waals surface area contributed by atoms with Crippen LogP contribution in [0, 0.1) is 0 Å². The van der Waals surface area contributed by atoms with E-state index in [1.807, 2.05) is 6.08 Å². The Labute approximate surface area is 98.4 Å². The lowest BCUT2D eigenvalue weighted by Gasteiger charge is -2.14. The van der Waals surface area contributed by atoms with Crippen LogP contribution in [0.4, 0.5) is 0 Å². The van der Waals surface area contributed by atoms with E-state index >= 15 is 0 Å². The Morgan fingerprint density at radius 3 is 2.93 bits per heavy atom. The monoisotopic (exact) mass is 273 g/mol. The van der Waals surface area contributed by atoms with Crippen LogP contribution < -0.4 is 5.32 Å². The van der Waals surface area contributed by atoms with E-state index < -0.39 is 0 Å². The molecule has 14 heavy (non-hydrogen) atoms. The Bertz CT molecular complexity index is 283. The fourth-order valence-electron chi connectivity index (χ4n) is 1.39. The molecule has 1 aromatic heterocycles. The highest BCUT2D eigenvalue weighted by atomic mass is 79.9. The molecule has 0 aliphatic carbocycles. The molecular weight excluding hydrogens is 258 g/mol. The second kappa shape index (κ2) is 6.38. The minimum absolute atomic E-state index is 0.481. The van der Waals surface area contributed by atoms with Gasteiger partial charge in [0.05, 0.1) is 3.79 Å². The van der Waals surface area contributed by atoms with Gasteiger partial charge in [-0.3, -0.25) is 0 Å². The van der Waals surface area contributed by atoms with Gasteiger partial charge in [-0.15, -0.1) is 17.9 Å². The van der Waals surface area contributed by atoms with Crippen LogP contribution in [0.15, 0.2) is 28.6 Å². The zero-order valence-electron chi connectivity index (χ0n) is 8.42. The quantitative estimate of drug-likeness (QED) is 0.769. The van der Waals surface area contributed by atoms with Crippen LogP contribution in [-0.4, -0.2) is 6.54 Å². The molecule has 0 aliphatic rings. The Morgan fingerprint density at radius 1 is 1.64 bits per heavy atom. The molecule has 1 N–H and O–H groups in total. The van der Waals surface area contributed by atoms with E-state index in [-0.39, 0.29) is 0 Å². The van der Waals surface area contributed by atoms with Gasteiger partial charge < -0.3 is 5.32 Å². The number of hydrogen-bond acceptors (Lipinski definition) is 2. The second-order valence-corrected chi connectivity index (χ2v) is 5.61. The predicted molar refractivity (Wildman–Crippen MR) is 67.9 cm³/mol. The molecule has 0 aromatic carbocycles. The first-order valence-electron chi connectivity index (χ1n) is 4.87. The van der Waals surface area contributed by atoms with Crippen LogP contribution in [0.1, 0.15) is 30.7 Å². The van der Waals surface area contributed by atoms with Gasteiger partial charge in [-0.25, -0.2) is 0 Å². The molecule has 78 valence electrons. The van der Waals surface area contributed by atoms with Gasteiger partial charge in [0, 0.05) is 10.9 Å². The van der Waals surface area contributed by atoms with Crippen LogP contribution in [0.2, 0.25) is 0 Å². The second-order valence-electron chi connectivity index (χ2n) is 3.12. The molecule has 1 aromatic rings. The summed E-state index contributed by atoms with van der Waals surface area (Å²) < 4.78 is 1.20. The van der Waals surface area contributed by atoms with Gasteiger partial charge in [0.1, 0.15) is 0 Å². The van der Waals surface area contributed by atoms with Crippen molar-refractivity contribution in [1.82, 2.24) is 5.32 Å². The van der Waals surface area contributed by atoms with Crippen LogP contribution in [0.25, 0.3) is 0 Å². The van der Waals surface area contributed by atoms with E-state index in [0.29, 0.717) is 6.04 Å². The highest BCUT2D eigenvalue weighted by Crippen LogP contribution is 2.29. The largest absolute Gasteiger partial charge is 0.310 e. The van der Waals surface area contributed by atoms with Gasteiger partial charge in [-0.2, -0.15) is 0 Å². The normalized spacial score (nSPS) is 12.7. The molecule has 0 fully saturated rings. The summed E-state index contributed by atoms with van der Waals surface area (Å²) in [5.74, 6) is 0. The number of rotatable bonds is 6. The van der Waals surface area contributed by atoms with Gasteiger partial charge in [0.25, 0.3) is 0 Å². The number of allylic oxidation sites excluding steroid dienone is 1. The highest BCUT2D eigenvalue weighted by Gasteiger charge is 2.10. The smallest absolute Gasteiger partial charge is 0.0701 e. The van der Waals surface area contributed by atoms with Crippen molar-refractivity contribution < 1.29 is 0 Å². The van der Waals surface area contributed by atoms with Crippen molar-refractivity contribution in [3.8, 4) is 0 Å². The summed E-state index contributed by atoms with van der Waals surface area (Å²) in [6, 6.07) is 4.78. The summed E-state index contributed by atoms with van der Waals surface area (Å²) in [6.07, 6.45) is 4.17. The van der Waals surface area contributed by atoms with Crippen molar-refractivity contribution in [1.29, 1.82) is 0 Å². The van der Waals surface area contributed by atoms with Gasteiger partial charge in [-0.05, 0) is 47.4 Å². The summed E-state index contributed by atoms with van der Waals surface area (Å²) in [5.41, 5.74) is 0. The fourth-order valence-corrected chi connectivity index (χ4v) is 2.93. The fraction of sp³-hybridized carbons (Fsp3) is 0.455. The highest BCUT2D eigenvalue weighted by molar-refractivity contribution is 9.11. The van der Waals surface area contributed by atoms with Gasteiger partial charge >= 0.3 is 0 Å². The van der Waals surface area contributed by atoms with Crippen molar-refractivity contribution in [3.63, 3.8) is 0 Å². The standard InChI is InChI=1S/C11H16BrNS/c1-3-5-6-9(13-4-2)10-7-8-11(12)14-10/h3,7-9,13H,1,4-6H2,2H3. The van der Waals surface area contributed by atoms with E-state index in [2.05, 4.69) is 46.9 Å². The van der Waals surface area contributed by atoms with Gasteiger partial charge in [-0.1, -0.05) is 13.0 Å². The van der Waals surface area contributed by atoms with Gasteiger partial charge in [0.2, 0.25) is 0 Å².